The van der Waals surface area contributed by atoms with Crippen LogP contribution in [0.1, 0.15) is 55.6 Å². The molecular formula is C25H33N3O5. The van der Waals surface area contributed by atoms with Crippen LogP contribution in [-0.2, 0) is 16.0 Å². The van der Waals surface area contributed by atoms with Gasteiger partial charge in [-0.25, -0.2) is 5.48 Å². The predicted octanol–water partition coefficient (Wildman–Crippen LogP) is 3.27. The number of amides is 2. The van der Waals surface area contributed by atoms with Crippen molar-refractivity contribution < 1.29 is 24.3 Å². The van der Waals surface area contributed by atoms with Crippen LogP contribution in [0.15, 0.2) is 42.6 Å². The van der Waals surface area contributed by atoms with E-state index in [9.17, 15) is 19.6 Å². The standard InChI is InChI=1S/C25H33N3O5/c1-16(2)14-20-19(25(31)28-32)6-3-4-13-33-18-10-8-17(9-11-18)15-22(27-24(20)30)23(29)21-7-5-12-26-21/h5,7-12,16,19-20,22,26,32H,3-4,6,13-15H2,1-2H3,(H,27,30)(H,28,31)/t19-,20+,22-/m0/s1. The van der Waals surface area contributed by atoms with E-state index in [-0.39, 0.29) is 17.6 Å². The third kappa shape index (κ3) is 6.68. The largest absolute Gasteiger partial charge is 0.494 e. The fraction of sp³-hybridized carbons (Fsp3) is 0.480. The third-order valence-corrected chi connectivity index (χ3v) is 6.03. The number of rotatable bonds is 5. The van der Waals surface area contributed by atoms with E-state index in [4.69, 9.17) is 4.74 Å². The Labute approximate surface area is 194 Å². The molecule has 0 saturated carbocycles. The molecule has 3 atom stereocenters. The molecule has 8 heteroatoms. The van der Waals surface area contributed by atoms with Gasteiger partial charge in [-0.3, -0.25) is 19.6 Å². The summed E-state index contributed by atoms with van der Waals surface area (Å²) in [6.07, 6.45) is 4.21. The molecule has 2 aliphatic rings. The maximum absolute atomic E-state index is 13.5. The number of carbonyl (C=O) groups excluding carboxylic acids is 3. The smallest absolute Gasteiger partial charge is 0.247 e. The molecule has 0 spiro atoms. The van der Waals surface area contributed by atoms with Crippen LogP contribution < -0.4 is 15.5 Å². The summed E-state index contributed by atoms with van der Waals surface area (Å²) >= 11 is 0. The molecule has 2 amide bonds. The van der Waals surface area contributed by atoms with Gasteiger partial charge < -0.3 is 15.0 Å². The quantitative estimate of drug-likeness (QED) is 0.313. The van der Waals surface area contributed by atoms with Crippen LogP contribution in [-0.4, -0.2) is 40.4 Å². The highest BCUT2D eigenvalue weighted by Gasteiger charge is 2.36. The van der Waals surface area contributed by atoms with Crippen LogP contribution in [0.2, 0.25) is 0 Å². The van der Waals surface area contributed by atoms with Crippen molar-refractivity contribution in [3.8, 4) is 5.75 Å². The van der Waals surface area contributed by atoms with Gasteiger partial charge in [0.25, 0.3) is 0 Å². The molecule has 2 aromatic rings. The number of ketones is 1. The monoisotopic (exact) mass is 455 g/mol. The highest BCUT2D eigenvalue weighted by atomic mass is 16.5. The lowest BCUT2D eigenvalue weighted by molar-refractivity contribution is -0.141. The maximum atomic E-state index is 13.5. The first kappa shape index (κ1) is 24.5. The molecule has 1 aromatic carbocycles. The van der Waals surface area contributed by atoms with Crippen LogP contribution >= 0.6 is 0 Å². The molecule has 2 aliphatic heterocycles. The SMILES string of the molecule is CC(C)C[C@H]1C(=O)N[C@H](C(=O)c2ccc[nH]2)Cc2ccc(cc2)OCCCC[C@@H]1C(=O)NO. The van der Waals surface area contributed by atoms with E-state index < -0.39 is 23.8 Å². The molecule has 8 nitrogen and oxygen atoms in total. The number of hydroxylamine groups is 1. The number of hydrogen-bond acceptors (Lipinski definition) is 5. The molecule has 4 N–H and O–H groups in total. The summed E-state index contributed by atoms with van der Waals surface area (Å²) in [5, 5.41) is 12.3. The highest BCUT2D eigenvalue weighted by Crippen LogP contribution is 2.27. The molecule has 2 bridgehead atoms. The number of Topliss-reactive ketones (excluding diaryl/α,β-unsaturated/α-hetero) is 1. The fourth-order valence-electron chi connectivity index (χ4n) is 4.33. The molecule has 178 valence electrons. The molecule has 1 aromatic heterocycles. The number of ether oxygens (including phenoxy) is 1. The molecule has 0 unspecified atom stereocenters. The predicted molar refractivity (Wildman–Crippen MR) is 123 cm³/mol. The van der Waals surface area contributed by atoms with Crippen molar-refractivity contribution in [2.45, 2.75) is 52.0 Å². The molecule has 0 radical (unpaired) electrons. The second-order valence-electron chi connectivity index (χ2n) is 9.02. The molecular weight excluding hydrogens is 422 g/mol. The number of fused-ring (bicyclic) bond motifs is 12. The van der Waals surface area contributed by atoms with E-state index in [1.807, 2.05) is 38.1 Å². The van der Waals surface area contributed by atoms with Gasteiger partial charge >= 0.3 is 0 Å². The Kier molecular flexibility index (Phi) is 8.65. The summed E-state index contributed by atoms with van der Waals surface area (Å²) in [7, 11) is 0. The Morgan fingerprint density at radius 3 is 2.58 bits per heavy atom. The molecule has 33 heavy (non-hydrogen) atoms. The van der Waals surface area contributed by atoms with Gasteiger partial charge in [-0.1, -0.05) is 26.0 Å². The van der Waals surface area contributed by atoms with E-state index >= 15 is 0 Å². The lowest BCUT2D eigenvalue weighted by Gasteiger charge is -2.28. The summed E-state index contributed by atoms with van der Waals surface area (Å²) in [5.74, 6) is -1.69. The van der Waals surface area contributed by atoms with Gasteiger partial charge in [0, 0.05) is 18.5 Å². The zero-order valence-corrected chi connectivity index (χ0v) is 19.2. The van der Waals surface area contributed by atoms with E-state index in [1.54, 1.807) is 23.8 Å². The Bertz CT molecular complexity index is 924. The number of aromatic nitrogens is 1. The third-order valence-electron chi connectivity index (χ3n) is 6.03. The number of nitrogens with one attached hydrogen (secondary N) is 3. The van der Waals surface area contributed by atoms with Crippen molar-refractivity contribution in [3.05, 3.63) is 53.9 Å². The van der Waals surface area contributed by atoms with Crippen LogP contribution in [0.5, 0.6) is 5.75 Å². The average Bonchev–Trinajstić information content (AvgIpc) is 3.34. The number of H-pyrrole nitrogens is 1. The van der Waals surface area contributed by atoms with Crippen molar-refractivity contribution in [1.29, 1.82) is 0 Å². The highest BCUT2D eigenvalue weighted by molar-refractivity contribution is 6.01. The number of benzene rings is 1. The van der Waals surface area contributed by atoms with Gasteiger partial charge in [0.15, 0.2) is 0 Å². The summed E-state index contributed by atoms with van der Waals surface area (Å²) in [6, 6.07) is 10.1. The van der Waals surface area contributed by atoms with E-state index in [2.05, 4.69) is 10.3 Å². The van der Waals surface area contributed by atoms with Gasteiger partial charge in [-0.15, -0.1) is 0 Å². The van der Waals surface area contributed by atoms with Gasteiger partial charge in [0.05, 0.1) is 24.3 Å². The van der Waals surface area contributed by atoms with Crippen molar-refractivity contribution >= 4 is 17.6 Å². The average molecular weight is 456 g/mol. The second kappa shape index (κ2) is 11.7. The van der Waals surface area contributed by atoms with E-state index in [0.29, 0.717) is 44.4 Å². The summed E-state index contributed by atoms with van der Waals surface area (Å²) in [6.45, 7) is 4.45. The van der Waals surface area contributed by atoms with Crippen LogP contribution in [0.4, 0.5) is 0 Å². The molecule has 0 aliphatic carbocycles. The van der Waals surface area contributed by atoms with Crippen LogP contribution in [0.3, 0.4) is 0 Å². The summed E-state index contributed by atoms with van der Waals surface area (Å²) in [4.78, 5) is 42.2. The minimum atomic E-state index is -0.805. The van der Waals surface area contributed by atoms with Gasteiger partial charge in [0.2, 0.25) is 17.6 Å². The first-order valence-electron chi connectivity index (χ1n) is 11.5. The maximum Gasteiger partial charge on any atom is 0.247 e. The van der Waals surface area contributed by atoms with Crippen LogP contribution in [0, 0.1) is 17.8 Å². The van der Waals surface area contributed by atoms with E-state index in [0.717, 1.165) is 11.3 Å². The number of hydrogen-bond donors (Lipinski definition) is 4. The Morgan fingerprint density at radius 1 is 1.18 bits per heavy atom. The topological polar surface area (TPSA) is 121 Å². The van der Waals surface area contributed by atoms with Crippen molar-refractivity contribution in [2.75, 3.05) is 6.61 Å². The van der Waals surface area contributed by atoms with Crippen molar-refractivity contribution in [1.82, 2.24) is 15.8 Å². The zero-order chi connectivity index (χ0) is 23.8. The molecule has 0 saturated heterocycles. The summed E-state index contributed by atoms with van der Waals surface area (Å²) in [5.41, 5.74) is 3.02. The summed E-state index contributed by atoms with van der Waals surface area (Å²) < 4.78 is 5.80. The van der Waals surface area contributed by atoms with Crippen molar-refractivity contribution in [3.63, 3.8) is 0 Å². The Morgan fingerprint density at radius 2 is 1.94 bits per heavy atom. The van der Waals surface area contributed by atoms with Gasteiger partial charge in [-0.2, -0.15) is 0 Å². The first-order valence-corrected chi connectivity index (χ1v) is 11.5. The normalized spacial score (nSPS) is 22.1. The Hall–Kier alpha value is -3.13. The van der Waals surface area contributed by atoms with Crippen molar-refractivity contribution in [2.24, 2.45) is 17.8 Å². The van der Waals surface area contributed by atoms with Crippen LogP contribution in [0.25, 0.3) is 0 Å². The second-order valence-corrected chi connectivity index (χ2v) is 9.02. The first-order chi connectivity index (χ1) is 15.9. The number of aromatic amines is 1. The van der Waals surface area contributed by atoms with E-state index in [1.165, 1.54) is 0 Å². The Balaban J connectivity index is 1.95. The fourth-order valence-corrected chi connectivity index (χ4v) is 4.33. The minimum Gasteiger partial charge on any atom is -0.494 e. The number of carbonyl (C=O) groups is 3. The van der Waals surface area contributed by atoms with Gasteiger partial charge in [-0.05, 0) is 61.4 Å². The van der Waals surface area contributed by atoms with Gasteiger partial charge in [0.1, 0.15) is 5.75 Å². The zero-order valence-electron chi connectivity index (χ0n) is 19.2. The minimum absolute atomic E-state index is 0.143. The lowest BCUT2D eigenvalue weighted by Crippen LogP contribution is -2.48. The molecule has 0 fully saturated rings. The molecule has 3 heterocycles. The molecule has 4 rings (SSSR count). The lowest BCUT2D eigenvalue weighted by atomic mass is 9.81.